The van der Waals surface area contributed by atoms with E-state index in [1.165, 1.54) is 4.90 Å². The number of carbonyl (C=O) groups excluding carboxylic acids is 2. The van der Waals surface area contributed by atoms with Crippen LogP contribution in [0.3, 0.4) is 0 Å². The van der Waals surface area contributed by atoms with E-state index in [0.29, 0.717) is 22.3 Å². The number of anilines is 1. The normalized spacial score (nSPS) is 21.8. The quantitative estimate of drug-likeness (QED) is 0.632. The number of amides is 3. The van der Waals surface area contributed by atoms with Gasteiger partial charge in [-0.2, -0.15) is 0 Å². The summed E-state index contributed by atoms with van der Waals surface area (Å²) < 4.78 is 0.982. The van der Waals surface area contributed by atoms with Crippen LogP contribution in [0.4, 0.5) is 10.5 Å². The number of hydrogen-bond acceptors (Lipinski definition) is 2. The minimum atomic E-state index is -0.480. The molecule has 4 rings (SSSR count). The Labute approximate surface area is 168 Å². The van der Waals surface area contributed by atoms with Crippen LogP contribution in [0.5, 0.6) is 0 Å². The third-order valence-electron chi connectivity index (χ3n) is 4.71. The van der Waals surface area contributed by atoms with E-state index in [2.05, 4.69) is 15.9 Å². The second kappa shape index (κ2) is 7.19. The second-order valence-electron chi connectivity index (χ2n) is 6.17. The summed E-state index contributed by atoms with van der Waals surface area (Å²) in [5.41, 5.74) is 1.47. The van der Waals surface area contributed by atoms with Gasteiger partial charge in [0.1, 0.15) is 6.04 Å². The van der Waals surface area contributed by atoms with Gasteiger partial charge in [0.2, 0.25) is 0 Å². The monoisotopic (exact) mass is 456 g/mol. The SMILES string of the molecule is O.O=C1C2C(c3ccc(Br)cc3)CCN2C(=O)N1c1cc(Cl)cc(Cl)c1. The molecule has 2 aliphatic heterocycles. The average Bonchev–Trinajstić information content (AvgIpc) is 3.08. The lowest BCUT2D eigenvalue weighted by molar-refractivity contribution is -0.119. The molecule has 2 aromatic rings. The minimum absolute atomic E-state index is 0. The Bertz CT molecular complexity index is 855. The van der Waals surface area contributed by atoms with Gasteiger partial charge in [0, 0.05) is 27.0 Å². The molecule has 0 saturated carbocycles. The molecule has 2 fully saturated rings. The molecular weight excluding hydrogens is 443 g/mol. The fraction of sp³-hybridized carbons (Fsp3) is 0.222. The van der Waals surface area contributed by atoms with Gasteiger partial charge in [0.05, 0.1) is 5.69 Å². The van der Waals surface area contributed by atoms with Gasteiger partial charge < -0.3 is 10.4 Å². The Hall–Kier alpha value is -1.60. The summed E-state index contributed by atoms with van der Waals surface area (Å²) in [5.74, 6) is -0.238. The molecule has 0 spiro atoms. The van der Waals surface area contributed by atoms with Crippen molar-refractivity contribution in [2.45, 2.75) is 18.4 Å². The van der Waals surface area contributed by atoms with Crippen molar-refractivity contribution in [1.82, 2.24) is 4.90 Å². The number of fused-ring (bicyclic) bond motifs is 1. The maximum Gasteiger partial charge on any atom is 0.332 e. The third-order valence-corrected chi connectivity index (χ3v) is 5.68. The molecule has 2 aliphatic rings. The summed E-state index contributed by atoms with van der Waals surface area (Å²) in [4.78, 5) is 28.7. The van der Waals surface area contributed by atoms with Crippen LogP contribution in [0.2, 0.25) is 10.0 Å². The first-order valence-electron chi connectivity index (χ1n) is 7.82. The highest BCUT2D eigenvalue weighted by Crippen LogP contribution is 2.41. The summed E-state index contributed by atoms with van der Waals surface area (Å²) in [6.07, 6.45) is 0.772. The summed E-state index contributed by atoms with van der Waals surface area (Å²) in [5, 5.41) is 0.777. The number of urea groups is 1. The third kappa shape index (κ3) is 3.11. The Balaban J connectivity index is 0.00000196. The van der Waals surface area contributed by atoms with Gasteiger partial charge in [0.15, 0.2) is 0 Å². The van der Waals surface area contributed by atoms with Gasteiger partial charge in [-0.25, -0.2) is 9.69 Å². The Morgan fingerprint density at radius 2 is 1.62 bits per heavy atom. The van der Waals surface area contributed by atoms with Crippen LogP contribution in [-0.2, 0) is 4.79 Å². The first-order chi connectivity index (χ1) is 12.0. The van der Waals surface area contributed by atoms with E-state index in [9.17, 15) is 9.59 Å². The smallest absolute Gasteiger partial charge is 0.332 e. The lowest BCUT2D eigenvalue weighted by Gasteiger charge is -2.18. The van der Waals surface area contributed by atoms with Crippen molar-refractivity contribution in [3.05, 3.63) is 62.5 Å². The molecule has 2 saturated heterocycles. The number of benzene rings is 2. The zero-order valence-electron chi connectivity index (χ0n) is 13.5. The van der Waals surface area contributed by atoms with Crippen LogP contribution in [0.15, 0.2) is 46.9 Å². The first kappa shape index (κ1) is 19.2. The number of carbonyl (C=O) groups is 2. The van der Waals surface area contributed by atoms with E-state index in [1.807, 2.05) is 24.3 Å². The van der Waals surface area contributed by atoms with E-state index in [1.54, 1.807) is 23.1 Å². The Morgan fingerprint density at radius 3 is 2.23 bits per heavy atom. The zero-order valence-corrected chi connectivity index (χ0v) is 16.6. The number of halogens is 3. The molecule has 2 unspecified atom stereocenters. The van der Waals surface area contributed by atoms with Gasteiger partial charge in [-0.15, -0.1) is 0 Å². The molecule has 8 heteroatoms. The van der Waals surface area contributed by atoms with Crippen molar-refractivity contribution in [3.8, 4) is 0 Å². The van der Waals surface area contributed by atoms with E-state index in [4.69, 9.17) is 23.2 Å². The van der Waals surface area contributed by atoms with Gasteiger partial charge in [0.25, 0.3) is 5.91 Å². The van der Waals surface area contributed by atoms with Crippen molar-refractivity contribution < 1.29 is 15.1 Å². The molecule has 26 heavy (non-hydrogen) atoms. The van der Waals surface area contributed by atoms with Gasteiger partial charge >= 0.3 is 6.03 Å². The topological polar surface area (TPSA) is 72.1 Å². The van der Waals surface area contributed by atoms with E-state index in [0.717, 1.165) is 16.5 Å². The maximum atomic E-state index is 13.0. The lowest BCUT2D eigenvalue weighted by Crippen LogP contribution is -2.33. The van der Waals surface area contributed by atoms with E-state index < -0.39 is 6.04 Å². The van der Waals surface area contributed by atoms with Gasteiger partial charge in [-0.3, -0.25) is 4.79 Å². The largest absolute Gasteiger partial charge is 0.412 e. The van der Waals surface area contributed by atoms with Gasteiger partial charge in [-0.1, -0.05) is 51.3 Å². The van der Waals surface area contributed by atoms with Crippen LogP contribution in [0.1, 0.15) is 17.9 Å². The van der Waals surface area contributed by atoms with Crippen molar-refractivity contribution >= 4 is 56.8 Å². The summed E-state index contributed by atoms with van der Waals surface area (Å²) in [6, 6.07) is 11.8. The zero-order chi connectivity index (χ0) is 17.7. The van der Waals surface area contributed by atoms with Crippen LogP contribution >= 0.6 is 39.1 Å². The second-order valence-corrected chi connectivity index (χ2v) is 7.96. The molecule has 0 bridgehead atoms. The molecule has 3 amide bonds. The Kier molecular flexibility index (Phi) is 5.30. The molecule has 0 aromatic heterocycles. The van der Waals surface area contributed by atoms with E-state index >= 15 is 0 Å². The molecule has 2 heterocycles. The molecule has 2 atom stereocenters. The maximum absolute atomic E-state index is 13.0. The fourth-order valence-electron chi connectivity index (χ4n) is 3.63. The number of nitrogens with zero attached hydrogens (tertiary/aromatic N) is 2. The van der Waals surface area contributed by atoms with Gasteiger partial charge in [-0.05, 0) is 42.3 Å². The molecule has 136 valence electrons. The van der Waals surface area contributed by atoms with E-state index in [-0.39, 0.29) is 23.3 Å². The lowest BCUT2D eigenvalue weighted by atomic mass is 9.91. The van der Waals surface area contributed by atoms with Crippen molar-refractivity contribution in [3.63, 3.8) is 0 Å². The van der Waals surface area contributed by atoms with Crippen molar-refractivity contribution in [1.29, 1.82) is 0 Å². The number of hydrogen-bond donors (Lipinski definition) is 0. The van der Waals surface area contributed by atoms with Crippen LogP contribution in [0.25, 0.3) is 0 Å². The molecule has 2 aromatic carbocycles. The predicted octanol–water partition coefficient (Wildman–Crippen LogP) is 4.26. The van der Waals surface area contributed by atoms with Crippen molar-refractivity contribution in [2.24, 2.45) is 0 Å². The molecule has 0 aliphatic carbocycles. The summed E-state index contributed by atoms with van der Waals surface area (Å²) in [6.45, 7) is 0.556. The summed E-state index contributed by atoms with van der Waals surface area (Å²) >= 11 is 15.5. The molecule has 5 nitrogen and oxygen atoms in total. The first-order valence-corrected chi connectivity index (χ1v) is 9.37. The number of rotatable bonds is 2. The van der Waals surface area contributed by atoms with Crippen LogP contribution in [-0.4, -0.2) is 34.9 Å². The predicted molar refractivity (Wildman–Crippen MR) is 105 cm³/mol. The highest BCUT2D eigenvalue weighted by molar-refractivity contribution is 9.10. The fourth-order valence-corrected chi connectivity index (χ4v) is 4.41. The summed E-state index contributed by atoms with van der Waals surface area (Å²) in [7, 11) is 0. The molecular formula is C18H15BrCl2N2O3. The standard InChI is InChI=1S/C18H13BrCl2N2O2.H2O/c19-11-3-1-10(2-4-11)15-5-6-22-16(15)17(24)23(18(22)25)14-8-12(20)7-13(21)9-14;/h1-4,7-9,15-16H,5-6H2;1H2. The average molecular weight is 458 g/mol. The van der Waals surface area contributed by atoms with Crippen molar-refractivity contribution in [2.75, 3.05) is 11.4 Å². The van der Waals surface area contributed by atoms with Crippen LogP contribution < -0.4 is 4.90 Å². The number of imide groups is 1. The van der Waals surface area contributed by atoms with Crippen LogP contribution in [0, 0.1) is 0 Å². The molecule has 2 N–H and O–H groups in total. The molecule has 0 radical (unpaired) electrons. The highest BCUT2D eigenvalue weighted by atomic mass is 79.9. The highest BCUT2D eigenvalue weighted by Gasteiger charge is 2.53. The minimum Gasteiger partial charge on any atom is -0.412 e. The Morgan fingerprint density at radius 1 is 1.00 bits per heavy atom.